The van der Waals surface area contributed by atoms with Gasteiger partial charge in [0, 0.05) is 50.7 Å². The van der Waals surface area contributed by atoms with Crippen LogP contribution in [0.25, 0.3) is 0 Å². The largest absolute Gasteiger partial charge is 0.369 e. The first-order valence-electron chi connectivity index (χ1n) is 11.4. The van der Waals surface area contributed by atoms with Crippen molar-refractivity contribution in [1.29, 1.82) is 5.26 Å². The molecule has 5 nitrogen and oxygen atoms in total. The Labute approximate surface area is 176 Å². The molecule has 1 amide bonds. The lowest BCUT2D eigenvalue weighted by molar-refractivity contribution is -0.122. The van der Waals surface area contributed by atoms with Gasteiger partial charge in [0.1, 0.15) is 0 Å². The number of carbonyl (C=O) groups excluding carboxylic acids is 1. The lowest BCUT2D eigenvalue weighted by Crippen LogP contribution is -2.47. The van der Waals surface area contributed by atoms with Gasteiger partial charge in [-0.3, -0.25) is 9.69 Å². The van der Waals surface area contributed by atoms with Gasteiger partial charge in [0.25, 0.3) is 0 Å². The van der Waals surface area contributed by atoms with Gasteiger partial charge in [-0.1, -0.05) is 19.1 Å². The molecule has 1 saturated carbocycles. The van der Waals surface area contributed by atoms with Crippen molar-refractivity contribution in [3.63, 3.8) is 0 Å². The second kappa shape index (κ2) is 11.2. The number of rotatable bonds is 8. The predicted molar refractivity (Wildman–Crippen MR) is 118 cm³/mol. The predicted octanol–water partition coefficient (Wildman–Crippen LogP) is 3.74. The summed E-state index contributed by atoms with van der Waals surface area (Å²) in [6.45, 7) is 7.96. The van der Waals surface area contributed by atoms with Gasteiger partial charge in [0.05, 0.1) is 6.07 Å². The number of piperazine rings is 1. The third kappa shape index (κ3) is 6.75. The lowest BCUT2D eigenvalue weighted by Gasteiger charge is -2.37. The van der Waals surface area contributed by atoms with Crippen LogP contribution in [-0.4, -0.2) is 49.6 Å². The number of hydrogen-bond acceptors (Lipinski definition) is 4. The van der Waals surface area contributed by atoms with Crippen molar-refractivity contribution in [2.75, 3.05) is 37.6 Å². The first-order chi connectivity index (χ1) is 14.2. The summed E-state index contributed by atoms with van der Waals surface area (Å²) < 4.78 is 0. The van der Waals surface area contributed by atoms with Crippen molar-refractivity contribution in [2.45, 2.75) is 64.3 Å². The van der Waals surface area contributed by atoms with Crippen LogP contribution >= 0.6 is 0 Å². The Bertz CT molecular complexity index is 682. The molecule has 0 spiro atoms. The third-order valence-corrected chi connectivity index (χ3v) is 6.59. The number of benzene rings is 1. The Morgan fingerprint density at radius 2 is 1.93 bits per heavy atom. The number of aryl methyl sites for hydroxylation is 1. The first-order valence-corrected chi connectivity index (χ1v) is 11.4. The number of anilines is 1. The number of amides is 1. The average Bonchev–Trinajstić information content (AvgIpc) is 2.77. The van der Waals surface area contributed by atoms with Gasteiger partial charge >= 0.3 is 0 Å². The topological polar surface area (TPSA) is 59.4 Å². The zero-order valence-electron chi connectivity index (χ0n) is 17.9. The normalized spacial score (nSPS) is 22.8. The van der Waals surface area contributed by atoms with Crippen molar-refractivity contribution >= 4 is 11.6 Å². The summed E-state index contributed by atoms with van der Waals surface area (Å²) in [5, 5.41) is 11.7. The number of hydrogen-bond donors (Lipinski definition) is 1. The molecule has 0 bridgehead atoms. The van der Waals surface area contributed by atoms with E-state index in [4.69, 9.17) is 5.26 Å². The van der Waals surface area contributed by atoms with Crippen LogP contribution in [0, 0.1) is 17.2 Å². The molecule has 1 heterocycles. The fraction of sp³-hybridized carbons (Fsp3) is 0.667. The second-order valence-electron chi connectivity index (χ2n) is 8.58. The summed E-state index contributed by atoms with van der Waals surface area (Å²) in [5.74, 6) is 0.832. The van der Waals surface area contributed by atoms with Crippen molar-refractivity contribution in [1.82, 2.24) is 10.2 Å². The van der Waals surface area contributed by atoms with E-state index in [2.05, 4.69) is 46.3 Å². The van der Waals surface area contributed by atoms with Gasteiger partial charge < -0.3 is 10.2 Å². The first kappa shape index (κ1) is 21.6. The third-order valence-electron chi connectivity index (χ3n) is 6.59. The zero-order chi connectivity index (χ0) is 20.5. The van der Waals surface area contributed by atoms with Crippen LogP contribution in [0.4, 0.5) is 5.69 Å². The fourth-order valence-electron chi connectivity index (χ4n) is 4.63. The van der Waals surface area contributed by atoms with E-state index in [-0.39, 0.29) is 5.91 Å². The molecule has 1 aromatic rings. The fourth-order valence-corrected chi connectivity index (χ4v) is 4.63. The number of nitrogens with zero attached hydrogens (tertiary/aromatic N) is 3. The summed E-state index contributed by atoms with van der Waals surface area (Å²) in [6.07, 6.45) is 7.64. The Hall–Kier alpha value is -2.06. The summed E-state index contributed by atoms with van der Waals surface area (Å²) in [6, 6.07) is 11.3. The van der Waals surface area contributed by atoms with E-state index in [0.29, 0.717) is 18.9 Å². The molecule has 0 atom stereocenters. The highest BCUT2D eigenvalue weighted by Gasteiger charge is 2.24. The van der Waals surface area contributed by atoms with E-state index >= 15 is 0 Å². The van der Waals surface area contributed by atoms with E-state index < -0.39 is 0 Å². The molecule has 0 radical (unpaired) electrons. The SMILES string of the molecule is CCc1cccc(N2CCN(CC[C@H]3CC[C@H](NC(=O)CCC#N)CC3)CC2)c1. The van der Waals surface area contributed by atoms with Crippen molar-refractivity contribution in [3.8, 4) is 6.07 Å². The molecule has 1 aromatic carbocycles. The van der Waals surface area contributed by atoms with Gasteiger partial charge in [0.2, 0.25) is 5.91 Å². The molecule has 5 heteroatoms. The maximum absolute atomic E-state index is 11.8. The summed E-state index contributed by atoms with van der Waals surface area (Å²) in [4.78, 5) is 16.9. The van der Waals surface area contributed by atoms with Gasteiger partial charge in [-0.25, -0.2) is 0 Å². The molecule has 1 aliphatic carbocycles. The molecule has 0 unspecified atom stereocenters. The molecule has 1 saturated heterocycles. The van der Waals surface area contributed by atoms with Crippen LogP contribution in [0.15, 0.2) is 24.3 Å². The van der Waals surface area contributed by atoms with Gasteiger partial charge in [-0.15, -0.1) is 0 Å². The van der Waals surface area contributed by atoms with E-state index in [0.717, 1.165) is 51.4 Å². The van der Waals surface area contributed by atoms with Gasteiger partial charge in [-0.2, -0.15) is 5.26 Å². The van der Waals surface area contributed by atoms with E-state index in [1.54, 1.807) is 0 Å². The molecule has 0 aromatic heterocycles. The minimum atomic E-state index is 0.0392. The molecule has 1 N–H and O–H groups in total. The highest BCUT2D eigenvalue weighted by molar-refractivity contribution is 5.76. The molecule has 3 rings (SSSR count). The van der Waals surface area contributed by atoms with Crippen LogP contribution < -0.4 is 10.2 Å². The van der Waals surface area contributed by atoms with Crippen molar-refractivity contribution in [3.05, 3.63) is 29.8 Å². The van der Waals surface area contributed by atoms with Crippen LogP contribution in [0.2, 0.25) is 0 Å². The van der Waals surface area contributed by atoms with Crippen LogP contribution in [0.5, 0.6) is 0 Å². The van der Waals surface area contributed by atoms with Gasteiger partial charge in [-0.05, 0) is 68.7 Å². The standard InChI is InChI=1S/C24H36N4O/c1-2-20-5-3-6-23(19-20)28-17-15-27(16-18-28)14-12-21-8-10-22(11-9-21)26-24(29)7-4-13-25/h3,5-6,19,21-22H,2,4,7-12,14-18H2,1H3,(H,26,29)/t21-,22-. The maximum Gasteiger partial charge on any atom is 0.221 e. The van der Waals surface area contributed by atoms with E-state index in [1.807, 2.05) is 6.07 Å². The highest BCUT2D eigenvalue weighted by Crippen LogP contribution is 2.27. The molecule has 2 aliphatic rings. The maximum atomic E-state index is 11.8. The average molecular weight is 397 g/mol. The molecular formula is C24H36N4O. The molecule has 2 fully saturated rings. The van der Waals surface area contributed by atoms with E-state index in [9.17, 15) is 4.79 Å². The van der Waals surface area contributed by atoms with Crippen molar-refractivity contribution < 1.29 is 4.79 Å². The lowest BCUT2D eigenvalue weighted by atomic mass is 9.84. The summed E-state index contributed by atoms with van der Waals surface area (Å²) >= 11 is 0. The van der Waals surface area contributed by atoms with Crippen molar-refractivity contribution in [2.24, 2.45) is 5.92 Å². The zero-order valence-corrected chi connectivity index (χ0v) is 17.9. The Morgan fingerprint density at radius 3 is 2.62 bits per heavy atom. The number of carbonyl (C=O) groups is 1. The molecule has 158 valence electrons. The van der Waals surface area contributed by atoms with Crippen LogP contribution in [0.1, 0.15) is 57.4 Å². The quantitative estimate of drug-likeness (QED) is 0.727. The molecule has 1 aliphatic heterocycles. The highest BCUT2D eigenvalue weighted by atomic mass is 16.1. The number of nitrogens with one attached hydrogen (secondary N) is 1. The Balaban J connectivity index is 1.32. The van der Waals surface area contributed by atoms with Gasteiger partial charge in [0.15, 0.2) is 0 Å². The van der Waals surface area contributed by atoms with Crippen LogP contribution in [-0.2, 0) is 11.2 Å². The van der Waals surface area contributed by atoms with E-state index in [1.165, 1.54) is 37.1 Å². The van der Waals surface area contributed by atoms with Crippen LogP contribution in [0.3, 0.4) is 0 Å². The smallest absolute Gasteiger partial charge is 0.221 e. The molecule has 29 heavy (non-hydrogen) atoms. The monoisotopic (exact) mass is 396 g/mol. The second-order valence-corrected chi connectivity index (χ2v) is 8.58. The minimum Gasteiger partial charge on any atom is -0.369 e. The summed E-state index contributed by atoms with van der Waals surface area (Å²) in [7, 11) is 0. The Morgan fingerprint density at radius 1 is 1.17 bits per heavy atom. The molecular weight excluding hydrogens is 360 g/mol. The number of nitriles is 1. The minimum absolute atomic E-state index is 0.0392. The Kier molecular flexibility index (Phi) is 8.37. The summed E-state index contributed by atoms with van der Waals surface area (Å²) in [5.41, 5.74) is 2.79.